The number of hydrogen-bond acceptors (Lipinski definition) is 2. The van der Waals surface area contributed by atoms with Crippen molar-refractivity contribution in [1.82, 2.24) is 9.55 Å². The predicted octanol–water partition coefficient (Wildman–Crippen LogP) is 2.65. The van der Waals surface area contributed by atoms with Gasteiger partial charge in [-0.25, -0.2) is 4.98 Å². The number of rotatable bonds is 2. The van der Waals surface area contributed by atoms with Crippen LogP contribution in [-0.2, 0) is 11.2 Å². The quantitative estimate of drug-likeness (QED) is 0.875. The zero-order valence-electron chi connectivity index (χ0n) is 10.6. The van der Waals surface area contributed by atoms with Crippen molar-refractivity contribution in [3.63, 3.8) is 0 Å². The molecule has 1 unspecified atom stereocenters. The average molecular weight is 248 g/mol. The molecule has 1 aliphatic carbocycles. The van der Waals surface area contributed by atoms with E-state index in [1.165, 1.54) is 18.5 Å². The van der Waals surface area contributed by atoms with Crippen LogP contribution >= 0.6 is 0 Å². The van der Waals surface area contributed by atoms with Crippen LogP contribution in [0.3, 0.4) is 0 Å². The Hall–Kier alpha value is -1.32. The van der Waals surface area contributed by atoms with Crippen LogP contribution in [0.5, 0.6) is 0 Å². The van der Waals surface area contributed by atoms with Gasteiger partial charge >= 0.3 is 5.97 Å². The molecule has 4 heteroatoms. The Kier molecular flexibility index (Phi) is 3.10. The first kappa shape index (κ1) is 11.8. The van der Waals surface area contributed by atoms with E-state index in [4.69, 9.17) is 5.11 Å². The molecular formula is C14H20N2O2. The van der Waals surface area contributed by atoms with Gasteiger partial charge in [0, 0.05) is 17.9 Å². The SMILES string of the molecule is O=C(O)C1CCC(C2CCCc3cncn32)CC1. The van der Waals surface area contributed by atoms with Crippen molar-refractivity contribution >= 4 is 5.97 Å². The molecule has 2 aliphatic rings. The highest BCUT2D eigenvalue weighted by Gasteiger charge is 2.33. The number of aromatic nitrogens is 2. The summed E-state index contributed by atoms with van der Waals surface area (Å²) in [5.41, 5.74) is 1.35. The van der Waals surface area contributed by atoms with Crippen LogP contribution in [0.2, 0.25) is 0 Å². The highest BCUT2D eigenvalue weighted by atomic mass is 16.4. The molecule has 98 valence electrons. The van der Waals surface area contributed by atoms with Crippen LogP contribution in [-0.4, -0.2) is 20.6 Å². The summed E-state index contributed by atoms with van der Waals surface area (Å²) in [7, 11) is 0. The molecule has 1 aromatic rings. The Balaban J connectivity index is 1.69. The lowest BCUT2D eigenvalue weighted by Gasteiger charge is -2.36. The van der Waals surface area contributed by atoms with Crippen molar-refractivity contribution in [1.29, 1.82) is 0 Å². The smallest absolute Gasteiger partial charge is 0.306 e. The maximum absolute atomic E-state index is 11.0. The van der Waals surface area contributed by atoms with Crippen LogP contribution in [0.15, 0.2) is 12.5 Å². The van der Waals surface area contributed by atoms with E-state index in [1.807, 2.05) is 12.5 Å². The van der Waals surface area contributed by atoms with Gasteiger partial charge in [0.2, 0.25) is 0 Å². The van der Waals surface area contributed by atoms with Crippen molar-refractivity contribution in [2.24, 2.45) is 11.8 Å². The van der Waals surface area contributed by atoms with Gasteiger partial charge in [-0.3, -0.25) is 4.79 Å². The van der Waals surface area contributed by atoms with Crippen molar-refractivity contribution < 1.29 is 9.90 Å². The van der Waals surface area contributed by atoms with Gasteiger partial charge < -0.3 is 9.67 Å². The Labute approximate surface area is 107 Å². The Morgan fingerprint density at radius 1 is 1.28 bits per heavy atom. The first-order valence-electron chi connectivity index (χ1n) is 6.99. The van der Waals surface area contributed by atoms with Crippen LogP contribution < -0.4 is 0 Å². The molecule has 3 rings (SSSR count). The monoisotopic (exact) mass is 248 g/mol. The molecule has 18 heavy (non-hydrogen) atoms. The summed E-state index contributed by atoms with van der Waals surface area (Å²) in [6, 6.07) is 0.561. The summed E-state index contributed by atoms with van der Waals surface area (Å²) in [6.45, 7) is 0. The molecule has 4 nitrogen and oxygen atoms in total. The lowest BCUT2D eigenvalue weighted by atomic mass is 9.76. The lowest BCUT2D eigenvalue weighted by Crippen LogP contribution is -2.29. The highest BCUT2D eigenvalue weighted by molar-refractivity contribution is 5.69. The molecule has 1 atom stereocenters. The Morgan fingerprint density at radius 3 is 2.78 bits per heavy atom. The second-order valence-electron chi connectivity index (χ2n) is 5.70. The van der Waals surface area contributed by atoms with Gasteiger partial charge in [-0.2, -0.15) is 0 Å². The minimum Gasteiger partial charge on any atom is -0.481 e. The van der Waals surface area contributed by atoms with E-state index < -0.39 is 5.97 Å². The molecule has 0 bridgehead atoms. The molecule has 1 aromatic heterocycles. The average Bonchev–Trinajstić information content (AvgIpc) is 2.87. The zero-order valence-corrected chi connectivity index (χ0v) is 10.6. The zero-order chi connectivity index (χ0) is 12.5. The minimum absolute atomic E-state index is 0.105. The van der Waals surface area contributed by atoms with Crippen LogP contribution in [0.4, 0.5) is 0 Å². The number of imidazole rings is 1. The molecule has 1 fully saturated rings. The lowest BCUT2D eigenvalue weighted by molar-refractivity contribution is -0.143. The van der Waals surface area contributed by atoms with E-state index in [0.29, 0.717) is 12.0 Å². The highest BCUT2D eigenvalue weighted by Crippen LogP contribution is 2.40. The van der Waals surface area contributed by atoms with E-state index in [-0.39, 0.29) is 5.92 Å². The number of carboxylic acid groups (broad SMARTS) is 1. The van der Waals surface area contributed by atoms with Gasteiger partial charge in [-0.15, -0.1) is 0 Å². The fraction of sp³-hybridized carbons (Fsp3) is 0.714. The molecule has 0 spiro atoms. The molecule has 0 radical (unpaired) electrons. The number of aliphatic carboxylic acids is 1. The molecular weight excluding hydrogens is 228 g/mol. The third-order valence-electron chi connectivity index (χ3n) is 4.70. The fourth-order valence-corrected chi connectivity index (χ4v) is 3.67. The molecule has 1 saturated carbocycles. The van der Waals surface area contributed by atoms with E-state index in [1.54, 1.807) is 0 Å². The maximum Gasteiger partial charge on any atom is 0.306 e. The van der Waals surface area contributed by atoms with Gasteiger partial charge in [-0.1, -0.05) is 0 Å². The van der Waals surface area contributed by atoms with Gasteiger partial charge in [0.15, 0.2) is 0 Å². The summed E-state index contributed by atoms with van der Waals surface area (Å²) in [4.78, 5) is 15.2. The largest absolute Gasteiger partial charge is 0.481 e. The van der Waals surface area contributed by atoms with Crippen molar-refractivity contribution in [3.05, 3.63) is 18.2 Å². The van der Waals surface area contributed by atoms with Gasteiger partial charge in [0.1, 0.15) is 0 Å². The predicted molar refractivity (Wildman–Crippen MR) is 67.3 cm³/mol. The number of fused-ring (bicyclic) bond motifs is 1. The fourth-order valence-electron chi connectivity index (χ4n) is 3.67. The van der Waals surface area contributed by atoms with Crippen LogP contribution in [0, 0.1) is 11.8 Å². The molecule has 0 amide bonds. The number of hydrogen-bond donors (Lipinski definition) is 1. The van der Waals surface area contributed by atoms with E-state index in [2.05, 4.69) is 9.55 Å². The third-order valence-corrected chi connectivity index (χ3v) is 4.70. The summed E-state index contributed by atoms with van der Waals surface area (Å²) < 4.78 is 2.34. The summed E-state index contributed by atoms with van der Waals surface area (Å²) >= 11 is 0. The van der Waals surface area contributed by atoms with Crippen LogP contribution in [0.25, 0.3) is 0 Å². The summed E-state index contributed by atoms with van der Waals surface area (Å²) in [6.07, 6.45) is 11.4. The molecule has 1 aliphatic heterocycles. The van der Waals surface area contributed by atoms with E-state index in [9.17, 15) is 4.79 Å². The number of aryl methyl sites for hydroxylation is 1. The molecule has 0 aromatic carbocycles. The first-order valence-corrected chi connectivity index (χ1v) is 6.99. The van der Waals surface area contributed by atoms with Crippen LogP contribution in [0.1, 0.15) is 50.3 Å². The van der Waals surface area contributed by atoms with Crippen molar-refractivity contribution in [2.45, 2.75) is 51.0 Å². The van der Waals surface area contributed by atoms with Crippen molar-refractivity contribution in [3.8, 4) is 0 Å². The summed E-state index contributed by atoms with van der Waals surface area (Å²) in [5, 5.41) is 9.04. The van der Waals surface area contributed by atoms with Gasteiger partial charge in [0.05, 0.1) is 12.2 Å². The van der Waals surface area contributed by atoms with E-state index in [0.717, 1.165) is 32.1 Å². The van der Waals surface area contributed by atoms with E-state index >= 15 is 0 Å². The standard InChI is InChI=1S/C14H20N2O2/c17-14(18)11-6-4-10(5-7-11)13-3-1-2-12-8-15-9-16(12)13/h8-11,13H,1-7H2,(H,17,18). The minimum atomic E-state index is -0.611. The number of carboxylic acids is 1. The molecule has 0 saturated heterocycles. The van der Waals surface area contributed by atoms with Crippen molar-refractivity contribution in [2.75, 3.05) is 0 Å². The molecule has 1 N–H and O–H groups in total. The Bertz CT molecular complexity index is 433. The maximum atomic E-state index is 11.0. The third kappa shape index (κ3) is 2.04. The topological polar surface area (TPSA) is 55.1 Å². The Morgan fingerprint density at radius 2 is 2.06 bits per heavy atom. The summed E-state index contributed by atoms with van der Waals surface area (Å²) in [5.74, 6) is -0.0682. The second-order valence-corrected chi connectivity index (χ2v) is 5.70. The normalized spacial score (nSPS) is 31.9. The number of nitrogens with zero attached hydrogens (tertiary/aromatic N) is 2. The number of carbonyl (C=O) groups is 1. The second kappa shape index (κ2) is 4.75. The van der Waals surface area contributed by atoms with Gasteiger partial charge in [0.25, 0.3) is 0 Å². The van der Waals surface area contributed by atoms with Gasteiger partial charge in [-0.05, 0) is 50.9 Å². The first-order chi connectivity index (χ1) is 8.75. The molecule has 2 heterocycles.